The molecule has 7 nitrogen and oxygen atoms in total. The maximum absolute atomic E-state index is 13.1. The molecular formula is C17H14ClF3N4O3S2. The van der Waals surface area contributed by atoms with Crippen molar-refractivity contribution < 1.29 is 26.7 Å². The van der Waals surface area contributed by atoms with E-state index in [0.717, 1.165) is 12.1 Å². The van der Waals surface area contributed by atoms with E-state index in [2.05, 4.69) is 15.5 Å². The molecule has 0 bridgehead atoms. The first-order valence-corrected chi connectivity index (χ1v) is 10.6. The molecule has 1 heterocycles. The zero-order chi connectivity index (χ0) is 22.1. The Bertz CT molecular complexity index is 1240. The molecule has 0 aliphatic heterocycles. The zero-order valence-corrected chi connectivity index (χ0v) is 17.3. The number of sulfone groups is 1. The molecule has 160 valence electrons. The summed E-state index contributed by atoms with van der Waals surface area (Å²) >= 11 is 10.7. The van der Waals surface area contributed by atoms with E-state index in [1.807, 2.05) is 0 Å². The van der Waals surface area contributed by atoms with Crippen molar-refractivity contribution in [1.82, 2.24) is 14.8 Å². The van der Waals surface area contributed by atoms with Gasteiger partial charge in [0.05, 0.1) is 38.4 Å². The van der Waals surface area contributed by atoms with Crippen LogP contribution in [0.2, 0.25) is 5.02 Å². The molecule has 0 saturated heterocycles. The average molecular weight is 479 g/mol. The molecule has 0 fully saturated rings. The standard InChI is InChI=1S/C17H14ClF3N4O3S2/c18-13-3-1-10(7-12(13)17(19,20)21)30(27,28)11-2-4-15(14(8-11)22-5-6-26)25-9-23-24-16(25)29/h1-4,7-9,22,26H,5-6H2,(H,24,29). The topological polar surface area (TPSA) is 100 Å². The normalized spacial score (nSPS) is 12.2. The summed E-state index contributed by atoms with van der Waals surface area (Å²) in [5.74, 6) is 0. The number of alkyl halides is 3. The minimum Gasteiger partial charge on any atom is -0.395 e. The van der Waals surface area contributed by atoms with Crippen molar-refractivity contribution in [1.29, 1.82) is 0 Å². The molecule has 0 radical (unpaired) electrons. The number of H-pyrrole nitrogens is 1. The van der Waals surface area contributed by atoms with Crippen LogP contribution in [0.4, 0.5) is 18.9 Å². The Morgan fingerprint density at radius 1 is 1.20 bits per heavy atom. The Hall–Kier alpha value is -2.41. The summed E-state index contributed by atoms with van der Waals surface area (Å²) in [5, 5.41) is 17.7. The van der Waals surface area contributed by atoms with E-state index in [1.165, 1.54) is 29.1 Å². The smallest absolute Gasteiger partial charge is 0.395 e. The first-order chi connectivity index (χ1) is 14.1. The largest absolute Gasteiger partial charge is 0.417 e. The highest BCUT2D eigenvalue weighted by atomic mass is 35.5. The summed E-state index contributed by atoms with van der Waals surface area (Å²) in [6, 6.07) is 6.31. The number of aliphatic hydroxyl groups is 1. The van der Waals surface area contributed by atoms with Crippen LogP contribution in [-0.2, 0) is 16.0 Å². The highest BCUT2D eigenvalue weighted by Gasteiger charge is 2.34. The lowest BCUT2D eigenvalue weighted by Crippen LogP contribution is -2.11. The Morgan fingerprint density at radius 3 is 2.47 bits per heavy atom. The number of hydrogen-bond acceptors (Lipinski definition) is 6. The van der Waals surface area contributed by atoms with Gasteiger partial charge in [0, 0.05) is 6.54 Å². The molecule has 13 heteroatoms. The Labute approximate surface area is 179 Å². The number of anilines is 1. The summed E-state index contributed by atoms with van der Waals surface area (Å²) in [6.45, 7) is -0.139. The van der Waals surface area contributed by atoms with E-state index < -0.39 is 31.5 Å². The van der Waals surface area contributed by atoms with Crippen LogP contribution in [0.25, 0.3) is 5.69 Å². The molecule has 3 rings (SSSR count). The second-order valence-electron chi connectivity index (χ2n) is 6.00. The van der Waals surface area contributed by atoms with Gasteiger partial charge in [-0.1, -0.05) is 11.6 Å². The molecule has 0 aliphatic rings. The molecule has 2 aromatic carbocycles. The number of nitrogens with one attached hydrogen (secondary N) is 2. The van der Waals surface area contributed by atoms with E-state index >= 15 is 0 Å². The number of aliphatic hydroxyl groups excluding tert-OH is 1. The van der Waals surface area contributed by atoms with Crippen LogP contribution in [-0.4, -0.2) is 41.4 Å². The molecule has 30 heavy (non-hydrogen) atoms. The van der Waals surface area contributed by atoms with Gasteiger partial charge in [-0.05, 0) is 48.6 Å². The summed E-state index contributed by atoms with van der Waals surface area (Å²) < 4.78 is 67.1. The van der Waals surface area contributed by atoms with Crippen LogP contribution in [0, 0.1) is 4.77 Å². The van der Waals surface area contributed by atoms with Gasteiger partial charge in [-0.3, -0.25) is 9.67 Å². The minimum absolute atomic E-state index is 0.0981. The van der Waals surface area contributed by atoms with Gasteiger partial charge < -0.3 is 10.4 Å². The predicted octanol–water partition coefficient (Wildman–Crippen LogP) is 3.84. The van der Waals surface area contributed by atoms with E-state index in [4.69, 9.17) is 28.9 Å². The van der Waals surface area contributed by atoms with Crippen molar-refractivity contribution in [2.24, 2.45) is 0 Å². The van der Waals surface area contributed by atoms with Crippen molar-refractivity contribution >= 4 is 39.3 Å². The van der Waals surface area contributed by atoms with E-state index in [9.17, 15) is 21.6 Å². The minimum atomic E-state index is -4.81. The first kappa shape index (κ1) is 22.3. The molecule has 3 N–H and O–H groups in total. The predicted molar refractivity (Wildman–Crippen MR) is 106 cm³/mol. The van der Waals surface area contributed by atoms with Gasteiger partial charge in [0.25, 0.3) is 0 Å². The molecule has 0 atom stereocenters. The van der Waals surface area contributed by atoms with Crippen molar-refractivity contribution in [3.63, 3.8) is 0 Å². The monoisotopic (exact) mass is 478 g/mol. The fourth-order valence-electron chi connectivity index (χ4n) is 2.67. The Balaban J connectivity index is 2.13. The Kier molecular flexibility index (Phi) is 6.22. The van der Waals surface area contributed by atoms with Gasteiger partial charge in [0.2, 0.25) is 9.84 Å². The molecule has 3 aromatic rings. The maximum Gasteiger partial charge on any atom is 0.417 e. The highest BCUT2D eigenvalue weighted by molar-refractivity contribution is 7.91. The summed E-state index contributed by atoms with van der Waals surface area (Å²) in [5.41, 5.74) is -0.522. The Morgan fingerprint density at radius 2 is 1.87 bits per heavy atom. The number of aromatic amines is 1. The first-order valence-electron chi connectivity index (χ1n) is 8.28. The quantitative estimate of drug-likeness (QED) is 0.465. The van der Waals surface area contributed by atoms with Crippen LogP contribution in [0.1, 0.15) is 5.56 Å². The summed E-state index contributed by atoms with van der Waals surface area (Å²) in [7, 11) is -4.30. The molecule has 0 aliphatic carbocycles. The lowest BCUT2D eigenvalue weighted by atomic mass is 10.2. The lowest BCUT2D eigenvalue weighted by Gasteiger charge is -2.15. The van der Waals surface area contributed by atoms with Crippen molar-refractivity contribution in [2.45, 2.75) is 16.0 Å². The van der Waals surface area contributed by atoms with Crippen LogP contribution in [0.5, 0.6) is 0 Å². The van der Waals surface area contributed by atoms with Crippen LogP contribution in [0.3, 0.4) is 0 Å². The van der Waals surface area contributed by atoms with Crippen LogP contribution in [0.15, 0.2) is 52.5 Å². The molecule has 1 aromatic heterocycles. The van der Waals surface area contributed by atoms with E-state index in [0.29, 0.717) is 11.8 Å². The van der Waals surface area contributed by atoms with Gasteiger partial charge in [0.15, 0.2) is 4.77 Å². The number of hydrogen-bond donors (Lipinski definition) is 3. The van der Waals surface area contributed by atoms with E-state index in [1.54, 1.807) is 0 Å². The van der Waals surface area contributed by atoms with Gasteiger partial charge in [-0.15, -0.1) is 0 Å². The number of nitrogens with zero attached hydrogens (tertiary/aromatic N) is 2. The third-order valence-corrected chi connectivity index (χ3v) is 6.44. The average Bonchev–Trinajstić information content (AvgIpc) is 3.11. The van der Waals surface area contributed by atoms with Crippen LogP contribution >= 0.6 is 23.8 Å². The number of rotatable bonds is 6. The number of aromatic nitrogens is 3. The molecule has 0 spiro atoms. The van der Waals surface area contributed by atoms with Crippen molar-refractivity contribution in [3.8, 4) is 5.69 Å². The fraction of sp³-hybridized carbons (Fsp3) is 0.176. The number of benzene rings is 2. The summed E-state index contributed by atoms with van der Waals surface area (Å²) in [4.78, 5) is -0.808. The lowest BCUT2D eigenvalue weighted by molar-refractivity contribution is -0.137. The molecule has 0 saturated carbocycles. The van der Waals surface area contributed by atoms with E-state index in [-0.39, 0.29) is 28.5 Å². The second-order valence-corrected chi connectivity index (χ2v) is 8.75. The fourth-order valence-corrected chi connectivity index (χ4v) is 4.40. The summed E-state index contributed by atoms with van der Waals surface area (Å²) in [6.07, 6.45) is -3.43. The molecule has 0 amide bonds. The highest BCUT2D eigenvalue weighted by Crippen LogP contribution is 2.37. The zero-order valence-electron chi connectivity index (χ0n) is 14.9. The maximum atomic E-state index is 13.1. The van der Waals surface area contributed by atoms with Gasteiger partial charge in [-0.2, -0.15) is 18.3 Å². The molecule has 0 unspecified atom stereocenters. The second kappa shape index (κ2) is 8.38. The van der Waals surface area contributed by atoms with Gasteiger partial charge in [0.1, 0.15) is 6.33 Å². The van der Waals surface area contributed by atoms with Crippen LogP contribution < -0.4 is 5.32 Å². The van der Waals surface area contributed by atoms with Gasteiger partial charge >= 0.3 is 6.18 Å². The SMILES string of the molecule is O=S(=O)(c1ccc(-n2cn[nH]c2=S)c(NCCO)c1)c1ccc(Cl)c(C(F)(F)F)c1. The molecular weight excluding hydrogens is 465 g/mol. The van der Waals surface area contributed by atoms with Gasteiger partial charge in [-0.25, -0.2) is 8.42 Å². The number of halogens is 4. The third-order valence-electron chi connectivity index (χ3n) is 4.07. The van der Waals surface area contributed by atoms with Crippen molar-refractivity contribution in [2.75, 3.05) is 18.5 Å². The van der Waals surface area contributed by atoms with Crippen molar-refractivity contribution in [3.05, 3.63) is 58.1 Å². The third kappa shape index (κ3) is 4.36.